The number of nitrogens with zero attached hydrogens (tertiary/aromatic N) is 3. The molecule has 4 heterocycles. The van der Waals surface area contributed by atoms with Gasteiger partial charge in [0.15, 0.2) is 5.16 Å². The van der Waals surface area contributed by atoms with Crippen LogP contribution in [0.1, 0.15) is 28.7 Å². The fourth-order valence-corrected chi connectivity index (χ4v) is 6.44. The Hall–Kier alpha value is -3.08. The van der Waals surface area contributed by atoms with Gasteiger partial charge in [0.2, 0.25) is 11.8 Å². The normalized spacial score (nSPS) is 13.1. The van der Waals surface area contributed by atoms with E-state index in [1.165, 1.54) is 23.1 Å². The van der Waals surface area contributed by atoms with Crippen LogP contribution < -0.4 is 10.9 Å². The highest BCUT2D eigenvalue weighted by Crippen LogP contribution is 2.34. The molecule has 36 heavy (non-hydrogen) atoms. The second-order valence-corrected chi connectivity index (χ2v) is 10.9. The van der Waals surface area contributed by atoms with Gasteiger partial charge in [-0.05, 0) is 48.7 Å². The second-order valence-electron chi connectivity index (χ2n) is 8.49. The lowest BCUT2D eigenvalue weighted by molar-refractivity contribution is -0.129. The first-order valence-corrected chi connectivity index (χ1v) is 13.5. The van der Waals surface area contributed by atoms with Gasteiger partial charge < -0.3 is 14.6 Å². The predicted octanol–water partition coefficient (Wildman–Crippen LogP) is 4.70. The van der Waals surface area contributed by atoms with Crippen LogP contribution in [0.5, 0.6) is 0 Å². The third kappa shape index (κ3) is 4.80. The van der Waals surface area contributed by atoms with Gasteiger partial charge in [0.1, 0.15) is 10.6 Å². The molecule has 0 radical (unpaired) electrons. The summed E-state index contributed by atoms with van der Waals surface area (Å²) in [6, 6.07) is 8.90. The molecule has 1 aliphatic heterocycles. The highest BCUT2D eigenvalue weighted by molar-refractivity contribution is 7.99. The molecule has 0 spiro atoms. The standard InChI is InChI=1S/C25H23ClN4O4S2/c1-14-18(26)6-3-7-19(14)27-21(32)13-35-25-28-23-22(24(33)30(25)11-16-5-4-10-34-16)17-8-9-29(15(2)31)12-20(17)36-23/h3-7,10H,8-9,11-13H2,1-2H3,(H,27,32). The Kier molecular flexibility index (Phi) is 6.92. The number of aromatic nitrogens is 2. The summed E-state index contributed by atoms with van der Waals surface area (Å²) in [5.74, 6) is 0.460. The van der Waals surface area contributed by atoms with Crippen molar-refractivity contribution >= 4 is 62.4 Å². The quantitative estimate of drug-likeness (QED) is 0.280. The lowest BCUT2D eigenvalue weighted by Gasteiger charge is -2.25. The molecule has 1 aromatic carbocycles. The Morgan fingerprint density at radius 1 is 1.28 bits per heavy atom. The largest absolute Gasteiger partial charge is 0.467 e. The van der Waals surface area contributed by atoms with Crippen molar-refractivity contribution in [3.8, 4) is 0 Å². The van der Waals surface area contributed by atoms with Crippen LogP contribution in [0, 0.1) is 6.92 Å². The average molecular weight is 543 g/mol. The van der Waals surface area contributed by atoms with Crippen LogP contribution >= 0.6 is 34.7 Å². The van der Waals surface area contributed by atoms with Crippen LogP contribution in [-0.4, -0.2) is 38.6 Å². The van der Waals surface area contributed by atoms with Crippen molar-refractivity contribution in [3.05, 3.63) is 73.7 Å². The summed E-state index contributed by atoms with van der Waals surface area (Å²) in [7, 11) is 0. The van der Waals surface area contributed by atoms with E-state index >= 15 is 0 Å². The summed E-state index contributed by atoms with van der Waals surface area (Å²) in [5.41, 5.74) is 2.23. The zero-order valence-electron chi connectivity index (χ0n) is 19.7. The highest BCUT2D eigenvalue weighted by atomic mass is 35.5. The van der Waals surface area contributed by atoms with Gasteiger partial charge in [-0.2, -0.15) is 0 Å². The molecule has 0 bridgehead atoms. The number of hydrogen-bond acceptors (Lipinski definition) is 7. The Bertz CT molecular complexity index is 1530. The van der Waals surface area contributed by atoms with Gasteiger partial charge in [0.25, 0.3) is 5.56 Å². The van der Waals surface area contributed by atoms with Crippen molar-refractivity contribution in [2.75, 3.05) is 17.6 Å². The minimum Gasteiger partial charge on any atom is -0.467 e. The van der Waals surface area contributed by atoms with Crippen LogP contribution in [-0.2, 0) is 29.1 Å². The molecule has 1 aliphatic rings. The van der Waals surface area contributed by atoms with Crippen molar-refractivity contribution in [2.45, 2.75) is 38.5 Å². The maximum atomic E-state index is 13.7. The first-order chi connectivity index (χ1) is 17.3. The number of carbonyl (C=O) groups excluding carboxylic acids is 2. The summed E-state index contributed by atoms with van der Waals surface area (Å²) < 4.78 is 7.06. The average Bonchev–Trinajstić information content (AvgIpc) is 3.49. The van der Waals surface area contributed by atoms with Crippen LogP contribution in [0.25, 0.3) is 10.2 Å². The summed E-state index contributed by atoms with van der Waals surface area (Å²) in [5, 5.41) is 4.48. The summed E-state index contributed by atoms with van der Waals surface area (Å²) in [6.45, 7) is 4.65. The molecule has 11 heteroatoms. The molecule has 0 aliphatic carbocycles. The third-order valence-electron chi connectivity index (χ3n) is 6.14. The number of halogens is 1. The van der Waals surface area contributed by atoms with Crippen LogP contribution in [0.4, 0.5) is 5.69 Å². The van der Waals surface area contributed by atoms with Crippen molar-refractivity contribution in [1.29, 1.82) is 0 Å². The molecule has 2 amide bonds. The van der Waals surface area contributed by atoms with E-state index in [4.69, 9.17) is 21.0 Å². The first-order valence-electron chi connectivity index (χ1n) is 11.3. The van der Waals surface area contributed by atoms with E-state index < -0.39 is 0 Å². The Morgan fingerprint density at radius 3 is 2.86 bits per heavy atom. The van der Waals surface area contributed by atoms with Crippen LogP contribution in [0.15, 0.2) is 51.0 Å². The highest BCUT2D eigenvalue weighted by Gasteiger charge is 2.26. The Morgan fingerprint density at radius 2 is 2.11 bits per heavy atom. The molecule has 8 nitrogen and oxygen atoms in total. The summed E-state index contributed by atoms with van der Waals surface area (Å²) >= 11 is 8.80. The third-order valence-corrected chi connectivity index (χ3v) is 8.64. The number of nitrogens with one attached hydrogen (secondary N) is 1. The van der Waals surface area contributed by atoms with Crippen molar-refractivity contribution < 1.29 is 14.0 Å². The molecular formula is C25H23ClN4O4S2. The number of thiophene rings is 1. The van der Waals surface area contributed by atoms with Gasteiger partial charge >= 0.3 is 0 Å². The zero-order valence-corrected chi connectivity index (χ0v) is 22.1. The van der Waals surface area contributed by atoms with Crippen molar-refractivity contribution in [2.24, 2.45) is 0 Å². The number of carbonyl (C=O) groups is 2. The molecule has 0 saturated heterocycles. The zero-order chi connectivity index (χ0) is 25.4. The van der Waals surface area contributed by atoms with Gasteiger partial charge in [0.05, 0.1) is 30.5 Å². The van der Waals surface area contributed by atoms with Gasteiger partial charge in [-0.25, -0.2) is 4.98 Å². The number of benzene rings is 1. The van der Waals surface area contributed by atoms with Gasteiger partial charge in [-0.15, -0.1) is 11.3 Å². The molecule has 3 aromatic heterocycles. The lowest BCUT2D eigenvalue weighted by atomic mass is 10.1. The fourth-order valence-electron chi connectivity index (χ4n) is 4.19. The van der Waals surface area contributed by atoms with E-state index in [0.717, 1.165) is 16.0 Å². The van der Waals surface area contributed by atoms with Gasteiger partial charge in [0, 0.05) is 29.1 Å². The first kappa shape index (κ1) is 24.6. The number of rotatable bonds is 6. The predicted molar refractivity (Wildman–Crippen MR) is 142 cm³/mol. The number of hydrogen-bond donors (Lipinski definition) is 1. The summed E-state index contributed by atoms with van der Waals surface area (Å²) in [6.07, 6.45) is 2.17. The van der Waals surface area contributed by atoms with Crippen molar-refractivity contribution in [1.82, 2.24) is 14.5 Å². The second kappa shape index (κ2) is 10.1. The topological polar surface area (TPSA) is 97.4 Å². The van der Waals surface area contributed by atoms with Gasteiger partial charge in [-0.3, -0.25) is 19.0 Å². The molecule has 186 valence electrons. The molecule has 0 atom stereocenters. The van der Waals surface area contributed by atoms with Crippen LogP contribution in [0.2, 0.25) is 5.02 Å². The molecule has 5 rings (SSSR count). The SMILES string of the molecule is CC(=O)N1CCc2c(sc3nc(SCC(=O)Nc4cccc(Cl)c4C)n(Cc4ccco4)c(=O)c23)C1. The van der Waals surface area contributed by atoms with E-state index in [0.29, 0.717) is 51.4 Å². The van der Waals surface area contributed by atoms with Gasteiger partial charge in [-0.1, -0.05) is 29.4 Å². The minimum atomic E-state index is -0.230. The maximum Gasteiger partial charge on any atom is 0.263 e. The molecule has 4 aromatic rings. The fraction of sp³-hybridized carbons (Fsp3) is 0.280. The van der Waals surface area contributed by atoms with E-state index in [1.54, 1.807) is 53.0 Å². The lowest BCUT2D eigenvalue weighted by Crippen LogP contribution is -2.34. The number of furan rings is 1. The van der Waals surface area contributed by atoms with Crippen molar-refractivity contribution in [3.63, 3.8) is 0 Å². The molecule has 0 saturated carbocycles. The summed E-state index contributed by atoms with van der Waals surface area (Å²) in [4.78, 5) is 46.5. The molecular weight excluding hydrogens is 520 g/mol. The minimum absolute atomic E-state index is 0.0125. The number of amides is 2. The Labute approximate surface area is 220 Å². The van der Waals surface area contributed by atoms with E-state index in [1.807, 2.05) is 6.92 Å². The number of anilines is 1. The molecule has 0 fully saturated rings. The van der Waals surface area contributed by atoms with Crippen LogP contribution in [0.3, 0.4) is 0 Å². The van der Waals surface area contributed by atoms with E-state index in [2.05, 4.69) is 5.32 Å². The maximum absolute atomic E-state index is 13.7. The number of fused-ring (bicyclic) bond motifs is 3. The smallest absolute Gasteiger partial charge is 0.263 e. The number of thioether (sulfide) groups is 1. The van der Waals surface area contributed by atoms with E-state index in [9.17, 15) is 14.4 Å². The molecule has 1 N–H and O–H groups in total. The van der Waals surface area contributed by atoms with E-state index in [-0.39, 0.29) is 29.7 Å². The monoisotopic (exact) mass is 542 g/mol. The molecule has 0 unspecified atom stereocenters. The Balaban J connectivity index is 1.47.